The van der Waals surface area contributed by atoms with E-state index in [4.69, 9.17) is 9.47 Å². The van der Waals surface area contributed by atoms with Crippen molar-refractivity contribution in [1.29, 1.82) is 0 Å². The second kappa shape index (κ2) is 19.5. The van der Waals surface area contributed by atoms with Crippen LogP contribution < -0.4 is 16.0 Å². The first-order chi connectivity index (χ1) is 19.9. The topological polar surface area (TPSA) is 152 Å². The van der Waals surface area contributed by atoms with Gasteiger partial charge in [-0.2, -0.15) is 0 Å². The number of hydrogen-bond acceptors (Lipinski definition) is 8. The summed E-state index contributed by atoms with van der Waals surface area (Å²) in [5, 5.41) is 8.61. The lowest BCUT2D eigenvalue weighted by atomic mass is 10.00. The number of ether oxygens (including phenoxy) is 3. The van der Waals surface area contributed by atoms with Gasteiger partial charge in [-0.15, -0.1) is 0 Å². The Bertz CT molecular complexity index is 875. The molecule has 242 valence electrons. The van der Waals surface area contributed by atoms with Crippen molar-refractivity contribution in [3.8, 4) is 0 Å². The molecule has 1 saturated heterocycles. The van der Waals surface area contributed by atoms with Crippen LogP contribution in [0.15, 0.2) is 0 Å². The van der Waals surface area contributed by atoms with Crippen molar-refractivity contribution in [3.05, 3.63) is 0 Å². The molecule has 1 fully saturated rings. The fourth-order valence-electron chi connectivity index (χ4n) is 4.90. The first-order valence-electron chi connectivity index (χ1n) is 15.4. The Hall–Kier alpha value is -2.73. The van der Waals surface area contributed by atoms with E-state index in [9.17, 15) is 24.0 Å². The zero-order chi connectivity index (χ0) is 31.8. The van der Waals surface area contributed by atoms with Crippen LogP contribution in [0.5, 0.6) is 0 Å². The van der Waals surface area contributed by atoms with Gasteiger partial charge in [-0.1, -0.05) is 47.5 Å². The first kappa shape index (κ1) is 37.3. The summed E-state index contributed by atoms with van der Waals surface area (Å²) in [6.07, 6.45) is 2.23. The molecule has 0 aromatic carbocycles. The van der Waals surface area contributed by atoms with Crippen molar-refractivity contribution in [2.24, 2.45) is 11.8 Å². The molecule has 1 aliphatic heterocycles. The van der Waals surface area contributed by atoms with Crippen LogP contribution in [-0.4, -0.2) is 91.8 Å². The average Bonchev–Trinajstić information content (AvgIpc) is 3.44. The average molecular weight is 599 g/mol. The Labute approximate surface area is 251 Å². The molecule has 0 aliphatic carbocycles. The third-order valence-corrected chi connectivity index (χ3v) is 7.33. The number of carbonyl (C=O) groups excluding carboxylic acids is 5. The van der Waals surface area contributed by atoms with E-state index in [-0.39, 0.29) is 36.5 Å². The lowest BCUT2D eigenvalue weighted by Crippen LogP contribution is -2.59. The zero-order valence-corrected chi connectivity index (χ0v) is 26.8. The van der Waals surface area contributed by atoms with Gasteiger partial charge >= 0.3 is 5.97 Å². The Morgan fingerprint density at radius 2 is 1.52 bits per heavy atom. The maximum absolute atomic E-state index is 13.8. The van der Waals surface area contributed by atoms with Crippen LogP contribution in [0.1, 0.15) is 93.4 Å². The third kappa shape index (κ3) is 11.9. The smallest absolute Gasteiger partial charge is 0.306 e. The molecule has 3 N–H and O–H groups in total. The molecule has 4 atom stereocenters. The molecule has 12 heteroatoms. The van der Waals surface area contributed by atoms with Crippen molar-refractivity contribution in [2.75, 3.05) is 26.9 Å². The number of hydrogen-bond donors (Lipinski definition) is 3. The maximum atomic E-state index is 13.8. The molecule has 42 heavy (non-hydrogen) atoms. The molecule has 12 nitrogen and oxygen atoms in total. The largest absolute Gasteiger partial charge is 0.469 e. The molecular weight excluding hydrogens is 544 g/mol. The van der Waals surface area contributed by atoms with Gasteiger partial charge in [0.1, 0.15) is 18.1 Å². The summed E-state index contributed by atoms with van der Waals surface area (Å²) in [5.74, 6) is -2.30. The number of likely N-dealkylation sites (tertiary alicyclic amines) is 1. The van der Waals surface area contributed by atoms with E-state index in [2.05, 4.69) is 20.7 Å². The molecule has 0 aromatic rings. The predicted molar refractivity (Wildman–Crippen MR) is 158 cm³/mol. The van der Waals surface area contributed by atoms with Gasteiger partial charge in [-0.25, -0.2) is 0 Å². The number of carbonyl (C=O) groups is 5. The first-order valence-corrected chi connectivity index (χ1v) is 15.4. The van der Waals surface area contributed by atoms with E-state index in [0.29, 0.717) is 45.4 Å². The monoisotopic (exact) mass is 598 g/mol. The van der Waals surface area contributed by atoms with Crippen molar-refractivity contribution >= 4 is 29.6 Å². The van der Waals surface area contributed by atoms with Gasteiger partial charge < -0.3 is 35.1 Å². The van der Waals surface area contributed by atoms with Gasteiger partial charge in [0.25, 0.3) is 0 Å². The fourth-order valence-corrected chi connectivity index (χ4v) is 4.90. The molecule has 0 bridgehead atoms. The normalized spacial score (nSPS) is 17.2. The molecule has 0 spiro atoms. The lowest BCUT2D eigenvalue weighted by molar-refractivity contribution is -0.166. The standard InChI is InChI=1S/C30H54N4O8/c1-9-12-14-21(31-23(35)16-17-24(36)40-8)27(37)32-25(19(4)5)29(39)34-18-13-15-22(34)28(38)33-26(20(6)7)30(41-10-2)42-11-3/h19-22,25-26,30H,9-18H2,1-8H3,(H,31,35)(H,32,37)(H,33,38)/t21-,22-,25-,26-/m0/s1. The Kier molecular flexibility index (Phi) is 17.3. The Morgan fingerprint density at radius 3 is 2.05 bits per heavy atom. The Balaban J connectivity index is 3.04. The molecule has 1 aliphatic rings. The molecule has 1 heterocycles. The highest BCUT2D eigenvalue weighted by molar-refractivity contribution is 5.95. The van der Waals surface area contributed by atoms with Gasteiger partial charge in [-0.3, -0.25) is 24.0 Å². The van der Waals surface area contributed by atoms with E-state index in [1.165, 1.54) is 7.11 Å². The molecule has 0 aromatic heterocycles. The SMILES string of the molecule is CCCC[C@H](NC(=O)CCC(=O)OC)C(=O)N[C@H](C(=O)N1CCC[C@H]1C(=O)N[C@@H](C(C)C)C(OCC)OCC)C(C)C. The highest BCUT2D eigenvalue weighted by Gasteiger charge is 2.40. The van der Waals surface area contributed by atoms with E-state index >= 15 is 0 Å². The number of methoxy groups -OCH3 is 1. The minimum Gasteiger partial charge on any atom is -0.469 e. The van der Waals surface area contributed by atoms with E-state index in [0.717, 1.165) is 6.42 Å². The molecule has 0 saturated carbocycles. The minimum atomic E-state index is -0.887. The zero-order valence-electron chi connectivity index (χ0n) is 26.8. The highest BCUT2D eigenvalue weighted by atomic mass is 16.7. The van der Waals surface area contributed by atoms with Gasteiger partial charge in [-0.05, 0) is 44.9 Å². The molecule has 4 amide bonds. The van der Waals surface area contributed by atoms with Crippen LogP contribution in [0.25, 0.3) is 0 Å². The summed E-state index contributed by atoms with van der Waals surface area (Å²) in [5.41, 5.74) is 0. The predicted octanol–water partition coefficient (Wildman–Crippen LogP) is 2.29. The van der Waals surface area contributed by atoms with Crippen LogP contribution in [0.2, 0.25) is 0 Å². The summed E-state index contributed by atoms with van der Waals surface area (Å²) in [4.78, 5) is 66.1. The van der Waals surface area contributed by atoms with Gasteiger partial charge in [0.05, 0.1) is 19.6 Å². The van der Waals surface area contributed by atoms with Crippen LogP contribution >= 0.6 is 0 Å². The summed E-state index contributed by atoms with van der Waals surface area (Å²) in [6.45, 7) is 14.6. The summed E-state index contributed by atoms with van der Waals surface area (Å²) in [6, 6.07) is -2.84. The maximum Gasteiger partial charge on any atom is 0.306 e. The Morgan fingerprint density at radius 1 is 0.881 bits per heavy atom. The van der Waals surface area contributed by atoms with Crippen molar-refractivity contribution < 1.29 is 38.2 Å². The second-order valence-electron chi connectivity index (χ2n) is 11.3. The van der Waals surface area contributed by atoms with E-state index < -0.39 is 48.2 Å². The molecular formula is C30H54N4O8. The number of nitrogens with one attached hydrogen (secondary N) is 3. The number of amides is 4. The van der Waals surface area contributed by atoms with Crippen molar-refractivity contribution in [3.63, 3.8) is 0 Å². The fraction of sp³-hybridized carbons (Fsp3) is 0.833. The van der Waals surface area contributed by atoms with Crippen LogP contribution in [0, 0.1) is 11.8 Å². The van der Waals surface area contributed by atoms with Gasteiger partial charge in [0, 0.05) is 26.2 Å². The number of unbranched alkanes of at least 4 members (excludes halogenated alkanes) is 1. The minimum absolute atomic E-state index is 0.0215. The van der Waals surface area contributed by atoms with E-state index in [1.807, 2.05) is 48.5 Å². The quantitative estimate of drug-likeness (QED) is 0.151. The molecule has 0 unspecified atom stereocenters. The van der Waals surface area contributed by atoms with Crippen molar-refractivity contribution in [2.45, 2.75) is 124 Å². The third-order valence-electron chi connectivity index (χ3n) is 7.33. The molecule has 1 rings (SSSR count). The van der Waals surface area contributed by atoms with Crippen LogP contribution in [0.4, 0.5) is 0 Å². The number of esters is 1. The lowest BCUT2D eigenvalue weighted by Gasteiger charge is -2.34. The molecule has 0 radical (unpaired) electrons. The summed E-state index contributed by atoms with van der Waals surface area (Å²) in [7, 11) is 1.25. The summed E-state index contributed by atoms with van der Waals surface area (Å²) >= 11 is 0. The highest BCUT2D eigenvalue weighted by Crippen LogP contribution is 2.22. The number of nitrogens with zero attached hydrogens (tertiary/aromatic N) is 1. The van der Waals surface area contributed by atoms with E-state index in [1.54, 1.807) is 4.90 Å². The van der Waals surface area contributed by atoms with Crippen LogP contribution in [0.3, 0.4) is 0 Å². The van der Waals surface area contributed by atoms with Gasteiger partial charge in [0.2, 0.25) is 23.6 Å². The van der Waals surface area contributed by atoms with Gasteiger partial charge in [0.15, 0.2) is 6.29 Å². The van der Waals surface area contributed by atoms with Crippen LogP contribution in [-0.2, 0) is 38.2 Å². The summed E-state index contributed by atoms with van der Waals surface area (Å²) < 4.78 is 16.1. The number of rotatable bonds is 19. The van der Waals surface area contributed by atoms with Crippen molar-refractivity contribution in [1.82, 2.24) is 20.9 Å². The second-order valence-corrected chi connectivity index (χ2v) is 11.3.